The summed E-state index contributed by atoms with van der Waals surface area (Å²) in [6.07, 6.45) is 0. The Kier molecular flexibility index (Phi) is 4.27. The maximum Gasteiger partial charge on any atom is 0.124 e. The number of ether oxygens (including phenoxy) is 1. The zero-order valence-electron chi connectivity index (χ0n) is 8.45. The van der Waals surface area contributed by atoms with E-state index < -0.39 is 0 Å². The minimum Gasteiger partial charge on any atom is -0.489 e. The second-order valence-electron chi connectivity index (χ2n) is 3.31. The molecule has 1 heterocycles. The van der Waals surface area contributed by atoms with Crippen molar-refractivity contribution in [1.29, 1.82) is 0 Å². The summed E-state index contributed by atoms with van der Waals surface area (Å²) in [7, 11) is 0. The average Bonchev–Trinajstić information content (AvgIpc) is 2.80. The minimum absolute atomic E-state index is 0.457. The molecule has 2 rings (SSSR count). The van der Waals surface area contributed by atoms with E-state index in [1.165, 1.54) is 5.56 Å². The quantitative estimate of drug-likeness (QED) is 0.734. The summed E-state index contributed by atoms with van der Waals surface area (Å²) in [6.45, 7) is 0.592. The Morgan fingerprint density at radius 2 is 2.19 bits per heavy atom. The zero-order valence-corrected chi connectivity index (χ0v) is 11.6. The second kappa shape index (κ2) is 5.71. The molecule has 84 valence electrons. The first kappa shape index (κ1) is 12.0. The van der Waals surface area contributed by atoms with E-state index >= 15 is 0 Å². The largest absolute Gasteiger partial charge is 0.489 e. The highest BCUT2D eigenvalue weighted by Gasteiger charge is 2.04. The number of alkyl halides is 1. The van der Waals surface area contributed by atoms with Crippen LogP contribution in [-0.2, 0) is 12.5 Å². The number of rotatable bonds is 4. The van der Waals surface area contributed by atoms with E-state index in [9.17, 15) is 0 Å². The lowest BCUT2D eigenvalue weighted by atomic mass is 10.2. The topological polar surface area (TPSA) is 9.23 Å². The first-order valence-corrected chi connectivity index (χ1v) is 7.05. The first-order valence-electron chi connectivity index (χ1n) is 4.78. The Bertz CT molecular complexity index is 456. The lowest BCUT2D eigenvalue weighted by Crippen LogP contribution is -1.96. The zero-order chi connectivity index (χ0) is 11.4. The SMILES string of the molecule is ClCc1cc(Br)ccc1OCc1ccsc1. The predicted octanol–water partition coefficient (Wildman–Crippen LogP) is 4.83. The molecule has 0 unspecified atom stereocenters. The van der Waals surface area contributed by atoms with E-state index in [4.69, 9.17) is 16.3 Å². The molecule has 1 nitrogen and oxygen atoms in total. The molecule has 4 heteroatoms. The van der Waals surface area contributed by atoms with Crippen LogP contribution in [0.4, 0.5) is 0 Å². The minimum atomic E-state index is 0.457. The third-order valence-electron chi connectivity index (χ3n) is 2.14. The fourth-order valence-electron chi connectivity index (χ4n) is 1.33. The highest BCUT2D eigenvalue weighted by Crippen LogP contribution is 2.25. The second-order valence-corrected chi connectivity index (χ2v) is 5.27. The van der Waals surface area contributed by atoms with Crippen molar-refractivity contribution in [3.8, 4) is 5.75 Å². The number of halogens is 2. The predicted molar refractivity (Wildman–Crippen MR) is 72.4 cm³/mol. The molecular formula is C12H10BrClOS. The molecule has 16 heavy (non-hydrogen) atoms. The van der Waals surface area contributed by atoms with Gasteiger partial charge < -0.3 is 4.74 Å². The van der Waals surface area contributed by atoms with Crippen LogP contribution in [0.5, 0.6) is 5.75 Å². The Hall–Kier alpha value is -0.510. The van der Waals surface area contributed by atoms with Gasteiger partial charge in [0.2, 0.25) is 0 Å². The molecule has 0 N–H and O–H groups in total. The standard InChI is InChI=1S/C12H10BrClOS/c13-11-1-2-12(10(5-11)6-14)15-7-9-3-4-16-8-9/h1-5,8H,6-7H2. The molecule has 0 aliphatic rings. The van der Waals surface area contributed by atoms with Gasteiger partial charge in [-0.2, -0.15) is 11.3 Å². The Balaban J connectivity index is 2.09. The molecule has 2 aromatic rings. The summed E-state index contributed by atoms with van der Waals surface area (Å²) in [5, 5.41) is 4.13. The van der Waals surface area contributed by atoms with E-state index in [2.05, 4.69) is 27.4 Å². The van der Waals surface area contributed by atoms with Crippen molar-refractivity contribution >= 4 is 38.9 Å². The lowest BCUT2D eigenvalue weighted by Gasteiger charge is -2.09. The van der Waals surface area contributed by atoms with Gasteiger partial charge in [-0.3, -0.25) is 0 Å². The highest BCUT2D eigenvalue weighted by molar-refractivity contribution is 9.10. The van der Waals surface area contributed by atoms with Crippen LogP contribution in [-0.4, -0.2) is 0 Å². The molecule has 0 atom stereocenters. The fraction of sp³-hybridized carbons (Fsp3) is 0.167. The molecule has 0 aliphatic heterocycles. The van der Waals surface area contributed by atoms with Crippen LogP contribution in [0.2, 0.25) is 0 Å². The van der Waals surface area contributed by atoms with Crippen LogP contribution in [0, 0.1) is 0 Å². The van der Waals surface area contributed by atoms with E-state index in [-0.39, 0.29) is 0 Å². The van der Waals surface area contributed by atoms with Crippen molar-refractivity contribution in [3.63, 3.8) is 0 Å². The third kappa shape index (κ3) is 3.00. The number of hydrogen-bond acceptors (Lipinski definition) is 2. The molecule has 0 fully saturated rings. The molecule has 0 saturated heterocycles. The molecule has 0 bridgehead atoms. The maximum absolute atomic E-state index is 5.87. The summed E-state index contributed by atoms with van der Waals surface area (Å²) in [4.78, 5) is 0. The van der Waals surface area contributed by atoms with Gasteiger partial charge in [0.1, 0.15) is 12.4 Å². The van der Waals surface area contributed by atoms with E-state index in [0.29, 0.717) is 12.5 Å². The van der Waals surface area contributed by atoms with Crippen molar-refractivity contribution in [2.24, 2.45) is 0 Å². The van der Waals surface area contributed by atoms with E-state index in [1.54, 1.807) is 11.3 Å². The molecular weight excluding hydrogens is 308 g/mol. The van der Waals surface area contributed by atoms with Gasteiger partial charge in [0.15, 0.2) is 0 Å². The van der Waals surface area contributed by atoms with Gasteiger partial charge in [0.05, 0.1) is 5.88 Å². The molecule has 0 radical (unpaired) electrons. The Labute approximate surface area is 112 Å². The summed E-state index contributed by atoms with van der Waals surface area (Å²) in [6, 6.07) is 7.94. The van der Waals surface area contributed by atoms with Crippen LogP contribution in [0.25, 0.3) is 0 Å². The van der Waals surface area contributed by atoms with Crippen molar-refractivity contribution < 1.29 is 4.74 Å². The number of benzene rings is 1. The van der Waals surface area contributed by atoms with Crippen LogP contribution >= 0.6 is 38.9 Å². The Morgan fingerprint density at radius 3 is 2.88 bits per heavy atom. The normalized spacial score (nSPS) is 10.4. The van der Waals surface area contributed by atoms with Crippen molar-refractivity contribution in [2.45, 2.75) is 12.5 Å². The van der Waals surface area contributed by atoms with Gasteiger partial charge in [-0.25, -0.2) is 0 Å². The first-order chi connectivity index (χ1) is 7.79. The van der Waals surface area contributed by atoms with Gasteiger partial charge in [-0.15, -0.1) is 11.6 Å². The molecule has 0 amide bonds. The van der Waals surface area contributed by atoms with Crippen LogP contribution < -0.4 is 4.74 Å². The van der Waals surface area contributed by atoms with Gasteiger partial charge in [0, 0.05) is 10.0 Å². The third-order valence-corrected chi connectivity index (χ3v) is 3.65. The van der Waals surface area contributed by atoms with Crippen molar-refractivity contribution in [3.05, 3.63) is 50.6 Å². The van der Waals surface area contributed by atoms with Gasteiger partial charge >= 0.3 is 0 Å². The smallest absolute Gasteiger partial charge is 0.124 e. The molecule has 0 saturated carbocycles. The monoisotopic (exact) mass is 316 g/mol. The highest BCUT2D eigenvalue weighted by atomic mass is 79.9. The average molecular weight is 318 g/mol. The lowest BCUT2D eigenvalue weighted by molar-refractivity contribution is 0.304. The number of hydrogen-bond donors (Lipinski definition) is 0. The van der Waals surface area contributed by atoms with Gasteiger partial charge in [-0.05, 0) is 40.6 Å². The number of thiophene rings is 1. The van der Waals surface area contributed by atoms with Gasteiger partial charge in [0.25, 0.3) is 0 Å². The summed E-state index contributed by atoms with van der Waals surface area (Å²) in [5.74, 6) is 1.31. The van der Waals surface area contributed by atoms with Crippen LogP contribution in [0.3, 0.4) is 0 Å². The van der Waals surface area contributed by atoms with Crippen LogP contribution in [0.15, 0.2) is 39.5 Å². The van der Waals surface area contributed by atoms with E-state index in [0.717, 1.165) is 15.8 Å². The molecule has 1 aromatic carbocycles. The summed E-state index contributed by atoms with van der Waals surface area (Å²) >= 11 is 11.0. The van der Waals surface area contributed by atoms with Crippen LogP contribution in [0.1, 0.15) is 11.1 Å². The molecule has 1 aromatic heterocycles. The fourth-order valence-corrected chi connectivity index (χ4v) is 2.60. The van der Waals surface area contributed by atoms with Crippen molar-refractivity contribution in [2.75, 3.05) is 0 Å². The molecule has 0 spiro atoms. The molecule has 0 aliphatic carbocycles. The van der Waals surface area contributed by atoms with Crippen molar-refractivity contribution in [1.82, 2.24) is 0 Å². The van der Waals surface area contributed by atoms with E-state index in [1.807, 2.05) is 23.6 Å². The van der Waals surface area contributed by atoms with Gasteiger partial charge in [-0.1, -0.05) is 15.9 Å². The summed E-state index contributed by atoms with van der Waals surface area (Å²) in [5.41, 5.74) is 2.19. The Morgan fingerprint density at radius 1 is 1.31 bits per heavy atom. The summed E-state index contributed by atoms with van der Waals surface area (Å²) < 4.78 is 6.75. The maximum atomic E-state index is 5.87.